The van der Waals surface area contributed by atoms with Gasteiger partial charge in [0.05, 0.1) is 6.04 Å². The fraction of sp³-hybridized carbons (Fsp3) is 0.667. The van der Waals surface area contributed by atoms with E-state index in [0.29, 0.717) is 13.0 Å². The van der Waals surface area contributed by atoms with Crippen LogP contribution in [-0.4, -0.2) is 64.5 Å². The van der Waals surface area contributed by atoms with Crippen molar-refractivity contribution >= 4 is 29.7 Å². The second-order valence-electron chi connectivity index (χ2n) is 6.05. The first-order valence-electron chi connectivity index (χ1n) is 8.27. The summed E-state index contributed by atoms with van der Waals surface area (Å²) in [5.74, 6) is -4.50. The maximum atomic E-state index is 12.4. The molecule has 1 fully saturated rings. The maximum Gasteiger partial charge on any atom is 0.326 e. The molecule has 1 heterocycles. The summed E-state index contributed by atoms with van der Waals surface area (Å²) in [6.45, 7) is 0.673. The van der Waals surface area contributed by atoms with E-state index < -0.39 is 54.2 Å². The smallest absolute Gasteiger partial charge is 0.326 e. The number of nitrogens with one attached hydrogen (secondary N) is 3. The van der Waals surface area contributed by atoms with Crippen LogP contribution in [0.4, 0.5) is 0 Å². The quantitative estimate of drug-likeness (QED) is 0.238. The molecular weight excluding hydrogens is 348 g/mol. The van der Waals surface area contributed by atoms with E-state index in [4.69, 9.17) is 15.9 Å². The Morgan fingerprint density at radius 1 is 1.04 bits per heavy atom. The monoisotopic (exact) mass is 372 g/mol. The Morgan fingerprint density at radius 2 is 1.69 bits per heavy atom. The van der Waals surface area contributed by atoms with Crippen molar-refractivity contribution in [1.82, 2.24) is 16.0 Å². The van der Waals surface area contributed by atoms with Crippen LogP contribution in [0, 0.1) is 0 Å². The minimum absolute atomic E-state index is 0.0924. The SMILES string of the molecule is NC(=O)CCC(NC(=O)C1CCCN1)C(=O)NC(CCC(=O)O)C(=O)O. The number of hydrogen-bond acceptors (Lipinski definition) is 6. The van der Waals surface area contributed by atoms with Gasteiger partial charge in [0.25, 0.3) is 0 Å². The van der Waals surface area contributed by atoms with Crippen molar-refractivity contribution in [2.75, 3.05) is 6.54 Å². The molecule has 26 heavy (non-hydrogen) atoms. The molecule has 0 bridgehead atoms. The molecule has 1 rings (SSSR count). The lowest BCUT2D eigenvalue weighted by Crippen LogP contribution is -2.54. The standard InChI is InChI=1S/C15H24N4O7/c16-11(20)5-3-9(18-13(23)8-2-1-7-17-8)14(24)19-10(15(25)26)4-6-12(21)22/h8-10,17H,1-7H2,(H2,16,20)(H,18,23)(H,19,24)(H,21,22)(H,25,26). The first kappa shape index (κ1) is 21.4. The van der Waals surface area contributed by atoms with Crippen molar-refractivity contribution in [3.63, 3.8) is 0 Å². The molecule has 1 aliphatic rings. The molecule has 0 aromatic rings. The van der Waals surface area contributed by atoms with Crippen molar-refractivity contribution in [3.8, 4) is 0 Å². The zero-order valence-corrected chi connectivity index (χ0v) is 14.2. The number of carbonyl (C=O) groups is 5. The van der Waals surface area contributed by atoms with Gasteiger partial charge in [-0.1, -0.05) is 0 Å². The molecular formula is C15H24N4O7. The van der Waals surface area contributed by atoms with Gasteiger partial charge in [-0.3, -0.25) is 19.2 Å². The van der Waals surface area contributed by atoms with Gasteiger partial charge in [0.15, 0.2) is 0 Å². The Morgan fingerprint density at radius 3 is 2.19 bits per heavy atom. The number of aliphatic carboxylic acids is 2. The number of carboxylic acid groups (broad SMARTS) is 2. The van der Waals surface area contributed by atoms with E-state index in [1.165, 1.54) is 0 Å². The van der Waals surface area contributed by atoms with Gasteiger partial charge in [-0.15, -0.1) is 0 Å². The summed E-state index contributed by atoms with van der Waals surface area (Å²) in [7, 11) is 0. The van der Waals surface area contributed by atoms with E-state index in [9.17, 15) is 24.0 Å². The zero-order valence-electron chi connectivity index (χ0n) is 14.2. The summed E-state index contributed by atoms with van der Waals surface area (Å²) in [6.07, 6.45) is 0.395. The number of carbonyl (C=O) groups excluding carboxylic acids is 3. The van der Waals surface area contributed by atoms with E-state index in [0.717, 1.165) is 6.42 Å². The summed E-state index contributed by atoms with van der Waals surface area (Å²) in [5.41, 5.74) is 5.07. The molecule has 3 unspecified atom stereocenters. The van der Waals surface area contributed by atoms with Crippen molar-refractivity contribution in [3.05, 3.63) is 0 Å². The third-order valence-corrected chi connectivity index (χ3v) is 3.95. The Bertz CT molecular complexity index is 560. The van der Waals surface area contributed by atoms with Gasteiger partial charge in [-0.2, -0.15) is 0 Å². The van der Waals surface area contributed by atoms with E-state index in [1.54, 1.807) is 0 Å². The minimum Gasteiger partial charge on any atom is -0.481 e. The van der Waals surface area contributed by atoms with Gasteiger partial charge in [0, 0.05) is 12.8 Å². The Kier molecular flexibility index (Phi) is 8.49. The Hall–Kier alpha value is -2.69. The highest BCUT2D eigenvalue weighted by Gasteiger charge is 2.30. The summed E-state index contributed by atoms with van der Waals surface area (Å²) >= 11 is 0. The molecule has 11 heteroatoms. The largest absolute Gasteiger partial charge is 0.481 e. The number of carboxylic acids is 2. The van der Waals surface area contributed by atoms with Crippen LogP contribution in [0.3, 0.4) is 0 Å². The van der Waals surface area contributed by atoms with Crippen LogP contribution in [0.1, 0.15) is 38.5 Å². The lowest BCUT2D eigenvalue weighted by atomic mass is 10.1. The van der Waals surface area contributed by atoms with Crippen LogP contribution in [0.2, 0.25) is 0 Å². The number of amides is 3. The average Bonchev–Trinajstić information content (AvgIpc) is 3.08. The van der Waals surface area contributed by atoms with Crippen LogP contribution in [0.15, 0.2) is 0 Å². The lowest BCUT2D eigenvalue weighted by Gasteiger charge is -2.22. The fourth-order valence-electron chi connectivity index (χ4n) is 2.53. The summed E-state index contributed by atoms with van der Waals surface area (Å²) in [4.78, 5) is 57.3. The van der Waals surface area contributed by atoms with Crippen molar-refractivity contribution in [2.45, 2.75) is 56.7 Å². The highest BCUT2D eigenvalue weighted by Crippen LogP contribution is 2.07. The van der Waals surface area contributed by atoms with Crippen LogP contribution < -0.4 is 21.7 Å². The van der Waals surface area contributed by atoms with E-state index in [-0.39, 0.29) is 19.3 Å². The topological polar surface area (TPSA) is 188 Å². The lowest BCUT2D eigenvalue weighted by molar-refractivity contribution is -0.143. The van der Waals surface area contributed by atoms with E-state index in [1.807, 2.05) is 0 Å². The van der Waals surface area contributed by atoms with Crippen LogP contribution >= 0.6 is 0 Å². The maximum absolute atomic E-state index is 12.4. The first-order valence-corrected chi connectivity index (χ1v) is 8.27. The molecule has 1 saturated heterocycles. The molecule has 1 aliphatic heterocycles. The number of hydrogen-bond donors (Lipinski definition) is 6. The van der Waals surface area contributed by atoms with E-state index >= 15 is 0 Å². The number of rotatable bonds is 11. The second kappa shape index (κ2) is 10.3. The molecule has 0 spiro atoms. The molecule has 146 valence electrons. The van der Waals surface area contributed by atoms with Gasteiger partial charge in [-0.25, -0.2) is 4.79 Å². The molecule has 7 N–H and O–H groups in total. The summed E-state index contributed by atoms with van der Waals surface area (Å²) in [5, 5.41) is 25.4. The molecule has 0 aromatic heterocycles. The molecule has 11 nitrogen and oxygen atoms in total. The predicted octanol–water partition coefficient (Wildman–Crippen LogP) is -2.08. The highest BCUT2D eigenvalue weighted by atomic mass is 16.4. The van der Waals surface area contributed by atoms with Gasteiger partial charge < -0.3 is 31.9 Å². The van der Waals surface area contributed by atoms with Gasteiger partial charge >= 0.3 is 11.9 Å². The van der Waals surface area contributed by atoms with Gasteiger partial charge in [0.1, 0.15) is 12.1 Å². The Balaban J connectivity index is 2.73. The van der Waals surface area contributed by atoms with Crippen LogP contribution in [0.5, 0.6) is 0 Å². The fourth-order valence-corrected chi connectivity index (χ4v) is 2.53. The van der Waals surface area contributed by atoms with E-state index in [2.05, 4.69) is 16.0 Å². The average molecular weight is 372 g/mol. The minimum atomic E-state index is -1.42. The highest BCUT2D eigenvalue weighted by molar-refractivity contribution is 5.92. The third kappa shape index (κ3) is 7.47. The van der Waals surface area contributed by atoms with Crippen molar-refractivity contribution in [1.29, 1.82) is 0 Å². The van der Waals surface area contributed by atoms with Crippen LogP contribution in [0.25, 0.3) is 0 Å². The molecule has 0 saturated carbocycles. The molecule has 0 aliphatic carbocycles. The molecule has 0 radical (unpaired) electrons. The third-order valence-electron chi connectivity index (χ3n) is 3.95. The predicted molar refractivity (Wildman–Crippen MR) is 87.8 cm³/mol. The number of primary amides is 1. The molecule has 3 amide bonds. The Labute approximate surface area is 149 Å². The van der Waals surface area contributed by atoms with Crippen molar-refractivity contribution in [2.24, 2.45) is 5.73 Å². The van der Waals surface area contributed by atoms with Gasteiger partial charge in [0.2, 0.25) is 17.7 Å². The first-order chi connectivity index (χ1) is 12.2. The van der Waals surface area contributed by atoms with Gasteiger partial charge in [-0.05, 0) is 32.2 Å². The van der Waals surface area contributed by atoms with Crippen molar-refractivity contribution < 1.29 is 34.2 Å². The molecule has 0 aromatic carbocycles. The number of nitrogens with two attached hydrogens (primary N) is 1. The second-order valence-corrected chi connectivity index (χ2v) is 6.05. The van der Waals surface area contributed by atoms with Crippen LogP contribution in [-0.2, 0) is 24.0 Å². The zero-order chi connectivity index (χ0) is 19.7. The summed E-state index contributed by atoms with van der Waals surface area (Å²) in [6, 6.07) is -3.03. The summed E-state index contributed by atoms with van der Waals surface area (Å²) < 4.78 is 0. The normalized spacial score (nSPS) is 18.5. The molecule has 3 atom stereocenters.